The Kier molecular flexibility index (Phi) is 5.55. The lowest BCUT2D eigenvalue weighted by Gasteiger charge is -2.29. The van der Waals surface area contributed by atoms with Crippen molar-refractivity contribution >= 4 is 15.7 Å². The van der Waals surface area contributed by atoms with Crippen LogP contribution in [0.15, 0.2) is 0 Å². The molecule has 2 N–H and O–H groups in total. The molecular formula is C11H22N2O4S. The van der Waals surface area contributed by atoms with E-state index in [1.807, 2.05) is 6.92 Å². The van der Waals surface area contributed by atoms with E-state index in [0.717, 1.165) is 0 Å². The molecule has 0 saturated carbocycles. The van der Waals surface area contributed by atoms with E-state index in [0.29, 0.717) is 26.0 Å². The predicted octanol–water partition coefficient (Wildman–Crippen LogP) is -0.614. The summed E-state index contributed by atoms with van der Waals surface area (Å²) in [6.07, 6.45) is 0.963. The molecule has 1 saturated heterocycles. The first kappa shape index (κ1) is 15.4. The van der Waals surface area contributed by atoms with Gasteiger partial charge in [-0.05, 0) is 19.8 Å². The Morgan fingerprint density at radius 1 is 1.56 bits per heavy atom. The van der Waals surface area contributed by atoms with E-state index in [2.05, 4.69) is 0 Å². The minimum absolute atomic E-state index is 0.0591. The van der Waals surface area contributed by atoms with Crippen LogP contribution < -0.4 is 5.73 Å². The van der Waals surface area contributed by atoms with Crippen molar-refractivity contribution in [2.45, 2.75) is 31.8 Å². The summed E-state index contributed by atoms with van der Waals surface area (Å²) >= 11 is 0. The summed E-state index contributed by atoms with van der Waals surface area (Å²) in [6.45, 7) is 2.75. The van der Waals surface area contributed by atoms with Crippen LogP contribution in [0.3, 0.4) is 0 Å². The molecule has 1 aliphatic rings. The minimum atomic E-state index is -2.99. The maximum atomic E-state index is 12.1. The Bertz CT molecular complexity index is 383. The predicted molar refractivity (Wildman–Crippen MR) is 68.9 cm³/mol. The van der Waals surface area contributed by atoms with Crippen LogP contribution in [0.5, 0.6) is 0 Å². The number of likely N-dealkylation sites (N-methyl/N-ethyl adjacent to an activating group) is 1. The van der Waals surface area contributed by atoms with Crippen LogP contribution in [0, 0.1) is 0 Å². The molecule has 1 heterocycles. The number of sulfone groups is 1. The molecule has 106 valence electrons. The maximum Gasteiger partial charge on any atom is 0.239 e. The molecule has 0 aromatic heterocycles. The van der Waals surface area contributed by atoms with E-state index in [-0.39, 0.29) is 23.5 Å². The Morgan fingerprint density at radius 3 is 2.67 bits per heavy atom. The van der Waals surface area contributed by atoms with Crippen molar-refractivity contribution in [3.8, 4) is 0 Å². The van der Waals surface area contributed by atoms with E-state index < -0.39 is 15.9 Å². The van der Waals surface area contributed by atoms with Gasteiger partial charge in [-0.25, -0.2) is 8.42 Å². The molecule has 2 unspecified atom stereocenters. The fraction of sp³-hybridized carbons (Fsp3) is 0.909. The first-order valence-corrected chi connectivity index (χ1v) is 7.98. The Hall–Kier alpha value is -0.660. The smallest absolute Gasteiger partial charge is 0.239 e. The van der Waals surface area contributed by atoms with Gasteiger partial charge < -0.3 is 15.4 Å². The van der Waals surface area contributed by atoms with E-state index >= 15 is 0 Å². The van der Waals surface area contributed by atoms with Gasteiger partial charge in [-0.1, -0.05) is 0 Å². The van der Waals surface area contributed by atoms with Crippen molar-refractivity contribution < 1.29 is 17.9 Å². The van der Waals surface area contributed by atoms with Crippen LogP contribution in [-0.2, 0) is 19.4 Å². The molecule has 1 fully saturated rings. The molecule has 0 bridgehead atoms. The number of rotatable bonds is 6. The van der Waals surface area contributed by atoms with Crippen LogP contribution in [0.4, 0.5) is 0 Å². The SMILES string of the molecule is CCN(C(=O)C(N)CCOC)C1CCS(=O)(=O)C1. The topological polar surface area (TPSA) is 89.7 Å². The lowest BCUT2D eigenvalue weighted by atomic mass is 10.1. The summed E-state index contributed by atoms with van der Waals surface area (Å²) in [4.78, 5) is 13.7. The van der Waals surface area contributed by atoms with Gasteiger partial charge in [-0.15, -0.1) is 0 Å². The average Bonchev–Trinajstić information content (AvgIpc) is 2.67. The molecule has 7 heteroatoms. The molecule has 0 radical (unpaired) electrons. The number of amides is 1. The van der Waals surface area contributed by atoms with Crippen molar-refractivity contribution in [3.05, 3.63) is 0 Å². The molecule has 1 rings (SSSR count). The summed E-state index contributed by atoms with van der Waals surface area (Å²) in [6, 6.07) is -0.839. The molecule has 0 aromatic carbocycles. The minimum Gasteiger partial charge on any atom is -0.385 e. The van der Waals surface area contributed by atoms with Gasteiger partial charge in [0.25, 0.3) is 0 Å². The standard InChI is InChI=1S/C11H22N2O4S/c1-3-13(9-5-7-18(15,16)8-9)11(14)10(12)4-6-17-2/h9-10H,3-8,12H2,1-2H3. The van der Waals surface area contributed by atoms with Crippen LogP contribution in [0.2, 0.25) is 0 Å². The molecule has 6 nitrogen and oxygen atoms in total. The number of hydrogen-bond acceptors (Lipinski definition) is 5. The lowest BCUT2D eigenvalue weighted by molar-refractivity contribution is -0.134. The van der Waals surface area contributed by atoms with E-state index in [1.165, 1.54) is 0 Å². The molecule has 18 heavy (non-hydrogen) atoms. The van der Waals surface area contributed by atoms with Gasteiger partial charge in [0.1, 0.15) is 0 Å². The van der Waals surface area contributed by atoms with Gasteiger partial charge in [0.2, 0.25) is 5.91 Å². The highest BCUT2D eigenvalue weighted by Crippen LogP contribution is 2.18. The number of nitrogens with two attached hydrogens (primary N) is 1. The van der Waals surface area contributed by atoms with E-state index in [1.54, 1.807) is 12.0 Å². The number of nitrogens with zero attached hydrogens (tertiary/aromatic N) is 1. The second-order valence-electron chi connectivity index (χ2n) is 4.57. The van der Waals surface area contributed by atoms with Gasteiger partial charge in [-0.3, -0.25) is 4.79 Å². The molecule has 0 aliphatic carbocycles. The number of carbonyl (C=O) groups excluding carboxylic acids is 1. The zero-order chi connectivity index (χ0) is 13.8. The summed E-state index contributed by atoms with van der Waals surface area (Å²) in [5.41, 5.74) is 5.79. The Morgan fingerprint density at radius 2 is 2.22 bits per heavy atom. The second-order valence-corrected chi connectivity index (χ2v) is 6.80. The van der Waals surface area contributed by atoms with Crippen molar-refractivity contribution in [1.82, 2.24) is 4.90 Å². The quantitative estimate of drug-likeness (QED) is 0.700. The van der Waals surface area contributed by atoms with E-state index in [4.69, 9.17) is 10.5 Å². The molecule has 0 spiro atoms. The zero-order valence-corrected chi connectivity index (χ0v) is 11.8. The number of hydrogen-bond donors (Lipinski definition) is 1. The van der Waals surface area contributed by atoms with Crippen LogP contribution in [0.1, 0.15) is 19.8 Å². The number of methoxy groups -OCH3 is 1. The van der Waals surface area contributed by atoms with Crippen molar-refractivity contribution in [1.29, 1.82) is 0 Å². The summed E-state index contributed by atoms with van der Waals surface area (Å²) in [7, 11) is -1.43. The normalized spacial score (nSPS) is 23.8. The van der Waals surface area contributed by atoms with Gasteiger partial charge >= 0.3 is 0 Å². The molecule has 1 amide bonds. The van der Waals surface area contributed by atoms with Gasteiger partial charge in [0.05, 0.1) is 17.5 Å². The Balaban J connectivity index is 2.63. The van der Waals surface area contributed by atoms with Crippen LogP contribution in [0.25, 0.3) is 0 Å². The molecule has 0 aromatic rings. The molecule has 2 atom stereocenters. The van der Waals surface area contributed by atoms with Crippen LogP contribution in [-0.4, -0.2) is 63.1 Å². The summed E-state index contributed by atoms with van der Waals surface area (Å²) in [5.74, 6) is 0.0369. The summed E-state index contributed by atoms with van der Waals surface area (Å²) < 4.78 is 27.8. The largest absolute Gasteiger partial charge is 0.385 e. The monoisotopic (exact) mass is 278 g/mol. The van der Waals surface area contributed by atoms with Gasteiger partial charge in [0, 0.05) is 26.3 Å². The third-order valence-corrected chi connectivity index (χ3v) is 4.97. The first-order chi connectivity index (χ1) is 8.41. The zero-order valence-electron chi connectivity index (χ0n) is 11.0. The van der Waals surface area contributed by atoms with Gasteiger partial charge in [-0.2, -0.15) is 0 Å². The van der Waals surface area contributed by atoms with Crippen molar-refractivity contribution in [3.63, 3.8) is 0 Å². The fourth-order valence-electron chi connectivity index (χ4n) is 2.20. The molecular weight excluding hydrogens is 256 g/mol. The first-order valence-electron chi connectivity index (χ1n) is 6.16. The third-order valence-electron chi connectivity index (χ3n) is 3.22. The maximum absolute atomic E-state index is 12.1. The van der Waals surface area contributed by atoms with Crippen molar-refractivity contribution in [2.24, 2.45) is 5.73 Å². The van der Waals surface area contributed by atoms with Crippen molar-refractivity contribution in [2.75, 3.05) is 31.8 Å². The molecule has 1 aliphatic heterocycles. The fourth-order valence-corrected chi connectivity index (χ4v) is 3.93. The third kappa shape index (κ3) is 3.93. The number of carbonyl (C=O) groups is 1. The van der Waals surface area contributed by atoms with Crippen LogP contribution >= 0.6 is 0 Å². The summed E-state index contributed by atoms with van der Waals surface area (Å²) in [5, 5.41) is 0. The highest BCUT2D eigenvalue weighted by Gasteiger charge is 2.35. The van der Waals surface area contributed by atoms with E-state index in [9.17, 15) is 13.2 Å². The van der Waals surface area contributed by atoms with Gasteiger partial charge in [0.15, 0.2) is 9.84 Å². The Labute approximate surface area is 108 Å². The number of ether oxygens (including phenoxy) is 1. The highest BCUT2D eigenvalue weighted by molar-refractivity contribution is 7.91. The highest BCUT2D eigenvalue weighted by atomic mass is 32.2. The second kappa shape index (κ2) is 6.49. The average molecular weight is 278 g/mol. The lowest BCUT2D eigenvalue weighted by Crippen LogP contribution is -2.49.